The van der Waals surface area contributed by atoms with E-state index in [2.05, 4.69) is 35.6 Å². The Morgan fingerprint density at radius 3 is 3.14 bits per heavy atom. The van der Waals surface area contributed by atoms with Crippen molar-refractivity contribution in [1.82, 2.24) is 9.88 Å². The van der Waals surface area contributed by atoms with E-state index >= 15 is 0 Å². The maximum atomic E-state index is 5.93. The highest BCUT2D eigenvalue weighted by atomic mass is 35.5. The van der Waals surface area contributed by atoms with Crippen LogP contribution in [0.25, 0.3) is 5.57 Å². The first-order valence-electron chi connectivity index (χ1n) is 4.33. The molecule has 0 N–H and O–H groups in total. The number of thiol groups is 1. The van der Waals surface area contributed by atoms with E-state index in [-0.39, 0.29) is 0 Å². The summed E-state index contributed by atoms with van der Waals surface area (Å²) in [6.07, 6.45) is 2.19. The maximum Gasteiger partial charge on any atom is 0.147 e. The summed E-state index contributed by atoms with van der Waals surface area (Å²) in [4.78, 5) is 6.58. The fourth-order valence-electron chi connectivity index (χ4n) is 1.62. The van der Waals surface area contributed by atoms with Crippen molar-refractivity contribution in [3.63, 3.8) is 0 Å². The van der Waals surface area contributed by atoms with Crippen molar-refractivity contribution in [1.29, 1.82) is 0 Å². The van der Waals surface area contributed by atoms with Crippen molar-refractivity contribution in [3.8, 4) is 0 Å². The average Bonchev–Trinajstić information content (AvgIpc) is 2.71. The number of rotatable bonds is 2. The van der Waals surface area contributed by atoms with Crippen molar-refractivity contribution >= 4 is 41.1 Å². The first-order valence-corrected chi connectivity index (χ1v) is 6.19. The van der Waals surface area contributed by atoms with Crippen molar-refractivity contribution in [2.45, 2.75) is 10.4 Å². The molecule has 1 aromatic heterocycles. The zero-order chi connectivity index (χ0) is 10.1. The molecule has 2 rings (SSSR count). The monoisotopic (exact) mass is 246 g/mol. The van der Waals surface area contributed by atoms with Gasteiger partial charge >= 0.3 is 0 Å². The summed E-state index contributed by atoms with van der Waals surface area (Å²) in [6, 6.07) is 0.298. The predicted octanol–water partition coefficient (Wildman–Crippen LogP) is 2.37. The fraction of sp³-hybridized carbons (Fsp3) is 0.444. The Hall–Kier alpha value is -0.0300. The molecule has 14 heavy (non-hydrogen) atoms. The largest absolute Gasteiger partial charge is 0.294 e. The Labute approximate surface area is 98.0 Å². The molecule has 0 unspecified atom stereocenters. The van der Waals surface area contributed by atoms with Gasteiger partial charge in [-0.25, -0.2) is 4.98 Å². The van der Waals surface area contributed by atoms with Crippen LogP contribution in [0.15, 0.2) is 15.8 Å². The second kappa shape index (κ2) is 4.23. The topological polar surface area (TPSA) is 16.1 Å². The molecule has 2 nitrogen and oxygen atoms in total. The van der Waals surface area contributed by atoms with Gasteiger partial charge < -0.3 is 0 Å². The molecule has 0 saturated heterocycles. The maximum absolute atomic E-state index is 5.93. The standard InChI is InChI=1S/C9H11ClN2S2/c1-12-3-2-6(8(12)4-10)7-5-14-9(13)11-7/h2,5,8H,3-4H2,1H3,(H,11,13)/t8-/m0/s1. The highest BCUT2D eigenvalue weighted by Gasteiger charge is 2.25. The van der Waals surface area contributed by atoms with Crippen LogP contribution in [0.5, 0.6) is 0 Å². The Kier molecular flexibility index (Phi) is 3.17. The summed E-state index contributed by atoms with van der Waals surface area (Å²) in [5.74, 6) is 0.613. The second-order valence-electron chi connectivity index (χ2n) is 3.28. The molecular formula is C9H11ClN2S2. The first kappa shape index (κ1) is 10.5. The van der Waals surface area contributed by atoms with E-state index < -0.39 is 0 Å². The molecule has 0 aromatic carbocycles. The fourth-order valence-corrected chi connectivity index (χ4v) is 2.84. The van der Waals surface area contributed by atoms with E-state index in [4.69, 9.17) is 11.6 Å². The van der Waals surface area contributed by atoms with Crippen LogP contribution in [-0.4, -0.2) is 35.4 Å². The van der Waals surface area contributed by atoms with Crippen LogP contribution < -0.4 is 0 Å². The van der Waals surface area contributed by atoms with Crippen LogP contribution in [0.3, 0.4) is 0 Å². The predicted molar refractivity (Wildman–Crippen MR) is 64.5 cm³/mol. The zero-order valence-electron chi connectivity index (χ0n) is 7.77. The summed E-state index contributed by atoms with van der Waals surface area (Å²) in [6.45, 7) is 0.951. The van der Waals surface area contributed by atoms with Gasteiger partial charge in [-0.15, -0.1) is 35.6 Å². The molecule has 0 bridgehead atoms. The molecule has 1 aliphatic rings. The molecule has 5 heteroatoms. The molecule has 0 fully saturated rings. The lowest BCUT2D eigenvalue weighted by molar-refractivity contribution is 0.360. The summed E-state index contributed by atoms with van der Waals surface area (Å²) in [5.41, 5.74) is 2.26. The van der Waals surface area contributed by atoms with Crippen LogP contribution in [-0.2, 0) is 0 Å². The van der Waals surface area contributed by atoms with Gasteiger partial charge in [0.05, 0.1) is 11.7 Å². The molecule has 1 aromatic rings. The number of aromatic nitrogens is 1. The van der Waals surface area contributed by atoms with E-state index in [9.17, 15) is 0 Å². The minimum Gasteiger partial charge on any atom is -0.294 e. The van der Waals surface area contributed by atoms with E-state index in [1.807, 2.05) is 5.38 Å². The Morgan fingerprint density at radius 1 is 1.79 bits per heavy atom. The summed E-state index contributed by atoms with van der Waals surface area (Å²) < 4.78 is 0.809. The lowest BCUT2D eigenvalue weighted by Gasteiger charge is -2.19. The molecule has 1 atom stereocenters. The third kappa shape index (κ3) is 1.84. The van der Waals surface area contributed by atoms with Crippen molar-refractivity contribution in [2.75, 3.05) is 19.5 Å². The van der Waals surface area contributed by atoms with Gasteiger partial charge in [0.25, 0.3) is 0 Å². The van der Waals surface area contributed by atoms with E-state index in [1.54, 1.807) is 11.3 Å². The van der Waals surface area contributed by atoms with Crippen LogP contribution in [0.4, 0.5) is 0 Å². The molecule has 76 valence electrons. The molecule has 0 saturated carbocycles. The van der Waals surface area contributed by atoms with Crippen molar-refractivity contribution < 1.29 is 0 Å². The van der Waals surface area contributed by atoms with Crippen molar-refractivity contribution in [3.05, 3.63) is 17.2 Å². The van der Waals surface area contributed by atoms with Crippen LogP contribution >= 0.6 is 35.6 Å². The molecule has 0 spiro atoms. The van der Waals surface area contributed by atoms with E-state index in [0.29, 0.717) is 11.9 Å². The normalized spacial score (nSPS) is 22.8. The summed E-state index contributed by atoms with van der Waals surface area (Å²) >= 11 is 11.7. The Morgan fingerprint density at radius 2 is 2.57 bits per heavy atom. The lowest BCUT2D eigenvalue weighted by Crippen LogP contribution is -2.29. The molecule has 0 amide bonds. The van der Waals surface area contributed by atoms with Gasteiger partial charge in [-0.05, 0) is 12.6 Å². The van der Waals surface area contributed by atoms with Gasteiger partial charge in [-0.3, -0.25) is 4.90 Å². The molecular weight excluding hydrogens is 236 g/mol. The van der Waals surface area contributed by atoms with Gasteiger partial charge in [-0.2, -0.15) is 0 Å². The third-order valence-electron chi connectivity index (χ3n) is 2.42. The van der Waals surface area contributed by atoms with Gasteiger partial charge in [0.15, 0.2) is 0 Å². The van der Waals surface area contributed by atoms with Crippen molar-refractivity contribution in [2.24, 2.45) is 0 Å². The minimum absolute atomic E-state index is 0.298. The van der Waals surface area contributed by atoms with Gasteiger partial charge in [-0.1, -0.05) is 6.08 Å². The lowest BCUT2D eigenvalue weighted by atomic mass is 10.1. The number of nitrogens with zero attached hydrogens (tertiary/aromatic N) is 2. The Balaban J connectivity index is 2.27. The highest BCUT2D eigenvalue weighted by Crippen LogP contribution is 2.29. The van der Waals surface area contributed by atoms with E-state index in [0.717, 1.165) is 16.6 Å². The summed E-state index contributed by atoms with van der Waals surface area (Å²) in [5, 5.41) is 2.03. The zero-order valence-corrected chi connectivity index (χ0v) is 10.2. The number of hydrogen-bond acceptors (Lipinski definition) is 4. The van der Waals surface area contributed by atoms with Gasteiger partial charge in [0.1, 0.15) is 4.34 Å². The quantitative estimate of drug-likeness (QED) is 0.637. The smallest absolute Gasteiger partial charge is 0.147 e. The Bertz CT molecular complexity index is 361. The highest BCUT2D eigenvalue weighted by molar-refractivity contribution is 7.82. The van der Waals surface area contributed by atoms with Crippen LogP contribution in [0.1, 0.15) is 5.69 Å². The third-order valence-corrected chi connectivity index (χ3v) is 3.78. The summed E-state index contributed by atoms with van der Waals surface area (Å²) in [7, 11) is 2.07. The van der Waals surface area contributed by atoms with Gasteiger partial charge in [0.2, 0.25) is 0 Å². The van der Waals surface area contributed by atoms with Crippen LogP contribution in [0, 0.1) is 0 Å². The van der Waals surface area contributed by atoms with E-state index in [1.165, 1.54) is 5.57 Å². The number of halogens is 1. The SMILES string of the molecule is CN1CC=C(c2csc(S)n2)[C@@H]1CCl. The molecule has 0 aliphatic carbocycles. The average molecular weight is 247 g/mol. The number of hydrogen-bond donors (Lipinski definition) is 1. The molecule has 0 radical (unpaired) electrons. The molecule has 2 heterocycles. The first-order chi connectivity index (χ1) is 6.72. The number of thiazole rings is 1. The number of alkyl halides is 1. The molecule has 1 aliphatic heterocycles. The number of likely N-dealkylation sites (N-methyl/N-ethyl adjacent to an activating group) is 1. The minimum atomic E-state index is 0.298. The second-order valence-corrected chi connectivity index (χ2v) is 5.18. The van der Waals surface area contributed by atoms with Gasteiger partial charge in [0, 0.05) is 17.8 Å². The van der Waals surface area contributed by atoms with Crippen LogP contribution in [0.2, 0.25) is 0 Å².